The summed E-state index contributed by atoms with van der Waals surface area (Å²) in [7, 11) is 1.69. The largest absolute Gasteiger partial charge is 0.387 e. The molecule has 0 aliphatic carbocycles. The van der Waals surface area contributed by atoms with Crippen molar-refractivity contribution in [3.63, 3.8) is 0 Å². The molecule has 0 aromatic heterocycles. The SMILES string of the molecule is COCCCN=C(N)C(C)C. The van der Waals surface area contributed by atoms with Crippen molar-refractivity contribution < 1.29 is 4.74 Å². The molecule has 0 saturated heterocycles. The second-order valence-electron chi connectivity index (χ2n) is 2.81. The van der Waals surface area contributed by atoms with Gasteiger partial charge in [-0.1, -0.05) is 13.8 Å². The van der Waals surface area contributed by atoms with Crippen LogP contribution in [0.4, 0.5) is 0 Å². The maximum absolute atomic E-state index is 5.61. The van der Waals surface area contributed by atoms with E-state index in [1.807, 2.05) is 13.8 Å². The maximum atomic E-state index is 5.61. The van der Waals surface area contributed by atoms with E-state index in [4.69, 9.17) is 10.5 Å². The van der Waals surface area contributed by atoms with Crippen molar-refractivity contribution in [2.45, 2.75) is 20.3 Å². The highest BCUT2D eigenvalue weighted by atomic mass is 16.5. The molecule has 0 heterocycles. The molecule has 11 heavy (non-hydrogen) atoms. The van der Waals surface area contributed by atoms with Gasteiger partial charge in [-0.15, -0.1) is 0 Å². The summed E-state index contributed by atoms with van der Waals surface area (Å²) >= 11 is 0. The smallest absolute Gasteiger partial charge is 0.0962 e. The van der Waals surface area contributed by atoms with Gasteiger partial charge in [-0.2, -0.15) is 0 Å². The van der Waals surface area contributed by atoms with E-state index < -0.39 is 0 Å². The van der Waals surface area contributed by atoms with E-state index in [2.05, 4.69) is 4.99 Å². The van der Waals surface area contributed by atoms with Crippen molar-refractivity contribution >= 4 is 5.84 Å². The fourth-order valence-electron chi connectivity index (χ4n) is 0.600. The lowest BCUT2D eigenvalue weighted by Crippen LogP contribution is -2.19. The van der Waals surface area contributed by atoms with Crippen LogP contribution in [0.15, 0.2) is 4.99 Å². The molecule has 0 amide bonds. The van der Waals surface area contributed by atoms with E-state index in [9.17, 15) is 0 Å². The number of ether oxygens (including phenoxy) is 1. The summed E-state index contributed by atoms with van der Waals surface area (Å²) in [6.45, 7) is 5.61. The molecular formula is C8H18N2O. The van der Waals surface area contributed by atoms with Crippen molar-refractivity contribution in [2.24, 2.45) is 16.6 Å². The summed E-state index contributed by atoms with van der Waals surface area (Å²) in [6.07, 6.45) is 0.948. The molecule has 3 nitrogen and oxygen atoms in total. The summed E-state index contributed by atoms with van der Waals surface area (Å²) in [6, 6.07) is 0. The predicted molar refractivity (Wildman–Crippen MR) is 47.8 cm³/mol. The number of rotatable bonds is 5. The Morgan fingerprint density at radius 2 is 2.18 bits per heavy atom. The zero-order valence-corrected chi connectivity index (χ0v) is 7.63. The normalized spacial score (nSPS) is 12.5. The number of methoxy groups -OCH3 is 1. The molecule has 2 N–H and O–H groups in total. The summed E-state index contributed by atoms with van der Waals surface area (Å²) in [5, 5.41) is 0. The van der Waals surface area contributed by atoms with Crippen LogP contribution in [0.3, 0.4) is 0 Å². The second kappa shape index (κ2) is 6.16. The molecule has 0 rings (SSSR count). The Kier molecular flexibility index (Phi) is 5.84. The third-order valence-corrected chi connectivity index (χ3v) is 1.39. The van der Waals surface area contributed by atoms with E-state index in [0.29, 0.717) is 5.92 Å². The van der Waals surface area contributed by atoms with Gasteiger partial charge in [-0.3, -0.25) is 4.99 Å². The van der Waals surface area contributed by atoms with E-state index in [1.54, 1.807) is 7.11 Å². The third kappa shape index (κ3) is 5.85. The number of nitrogens with zero attached hydrogens (tertiary/aromatic N) is 1. The number of nitrogens with two attached hydrogens (primary N) is 1. The first-order valence-corrected chi connectivity index (χ1v) is 3.97. The van der Waals surface area contributed by atoms with Crippen LogP contribution in [0.2, 0.25) is 0 Å². The Bertz CT molecular complexity index is 121. The minimum absolute atomic E-state index is 0.359. The van der Waals surface area contributed by atoms with Gasteiger partial charge in [0, 0.05) is 26.2 Å². The van der Waals surface area contributed by atoms with Crippen LogP contribution in [-0.4, -0.2) is 26.1 Å². The minimum atomic E-state index is 0.359. The Balaban J connectivity index is 3.40. The van der Waals surface area contributed by atoms with Gasteiger partial charge in [0.1, 0.15) is 0 Å². The monoisotopic (exact) mass is 158 g/mol. The molecular weight excluding hydrogens is 140 g/mol. The fourth-order valence-corrected chi connectivity index (χ4v) is 0.600. The molecule has 0 unspecified atom stereocenters. The van der Waals surface area contributed by atoms with Gasteiger partial charge in [0.05, 0.1) is 5.84 Å². The Labute approximate surface area is 68.6 Å². The van der Waals surface area contributed by atoms with Gasteiger partial charge >= 0.3 is 0 Å². The van der Waals surface area contributed by atoms with E-state index >= 15 is 0 Å². The van der Waals surface area contributed by atoms with Gasteiger partial charge in [0.2, 0.25) is 0 Å². The number of hydrogen-bond donors (Lipinski definition) is 1. The Morgan fingerprint density at radius 1 is 1.55 bits per heavy atom. The summed E-state index contributed by atoms with van der Waals surface area (Å²) in [4.78, 5) is 4.18. The van der Waals surface area contributed by atoms with E-state index in [0.717, 1.165) is 25.4 Å². The molecule has 0 aromatic carbocycles. The summed E-state index contributed by atoms with van der Waals surface area (Å²) < 4.78 is 4.87. The van der Waals surface area contributed by atoms with Crippen molar-refractivity contribution in [1.29, 1.82) is 0 Å². The maximum Gasteiger partial charge on any atom is 0.0962 e. The van der Waals surface area contributed by atoms with Crippen LogP contribution in [0, 0.1) is 5.92 Å². The van der Waals surface area contributed by atoms with Crippen LogP contribution in [0.25, 0.3) is 0 Å². The van der Waals surface area contributed by atoms with Gasteiger partial charge in [-0.25, -0.2) is 0 Å². The Morgan fingerprint density at radius 3 is 2.64 bits per heavy atom. The van der Waals surface area contributed by atoms with Gasteiger partial charge in [0.25, 0.3) is 0 Å². The van der Waals surface area contributed by atoms with Crippen LogP contribution < -0.4 is 5.73 Å². The van der Waals surface area contributed by atoms with Crippen LogP contribution >= 0.6 is 0 Å². The molecule has 0 fully saturated rings. The molecule has 0 aliphatic rings. The Hall–Kier alpha value is -0.570. The van der Waals surface area contributed by atoms with Crippen molar-refractivity contribution in [3.8, 4) is 0 Å². The van der Waals surface area contributed by atoms with Gasteiger partial charge in [0.15, 0.2) is 0 Å². The molecule has 0 saturated carbocycles. The average molecular weight is 158 g/mol. The van der Waals surface area contributed by atoms with Crippen LogP contribution in [0.5, 0.6) is 0 Å². The number of aliphatic imine (C=N–C) groups is 1. The number of amidine groups is 1. The summed E-state index contributed by atoms with van der Waals surface area (Å²) in [5.41, 5.74) is 5.61. The second-order valence-corrected chi connectivity index (χ2v) is 2.81. The lowest BCUT2D eigenvalue weighted by molar-refractivity contribution is 0.197. The quantitative estimate of drug-likeness (QED) is 0.369. The molecule has 3 heteroatoms. The lowest BCUT2D eigenvalue weighted by Gasteiger charge is -2.02. The van der Waals surface area contributed by atoms with Crippen molar-refractivity contribution in [3.05, 3.63) is 0 Å². The van der Waals surface area contributed by atoms with Crippen LogP contribution in [-0.2, 0) is 4.74 Å². The van der Waals surface area contributed by atoms with Crippen molar-refractivity contribution in [1.82, 2.24) is 0 Å². The van der Waals surface area contributed by atoms with E-state index in [1.165, 1.54) is 0 Å². The first-order valence-electron chi connectivity index (χ1n) is 3.97. The van der Waals surface area contributed by atoms with E-state index in [-0.39, 0.29) is 0 Å². The standard InChI is InChI=1S/C8H18N2O/c1-7(2)8(9)10-5-4-6-11-3/h7H,4-6H2,1-3H3,(H2,9,10). The topological polar surface area (TPSA) is 47.6 Å². The van der Waals surface area contributed by atoms with Crippen molar-refractivity contribution in [2.75, 3.05) is 20.3 Å². The first kappa shape index (κ1) is 10.4. The fraction of sp³-hybridized carbons (Fsp3) is 0.875. The van der Waals surface area contributed by atoms with Gasteiger partial charge < -0.3 is 10.5 Å². The predicted octanol–water partition coefficient (Wildman–Crippen LogP) is 1.04. The molecule has 66 valence electrons. The average Bonchev–Trinajstić information content (AvgIpc) is 1.97. The zero-order chi connectivity index (χ0) is 8.69. The highest BCUT2D eigenvalue weighted by molar-refractivity contribution is 5.82. The minimum Gasteiger partial charge on any atom is -0.387 e. The molecule has 0 aliphatic heterocycles. The molecule has 0 atom stereocenters. The molecule has 0 aromatic rings. The van der Waals surface area contributed by atoms with Gasteiger partial charge in [-0.05, 0) is 6.42 Å². The highest BCUT2D eigenvalue weighted by Gasteiger charge is 1.96. The number of hydrogen-bond acceptors (Lipinski definition) is 2. The molecule has 0 spiro atoms. The zero-order valence-electron chi connectivity index (χ0n) is 7.63. The molecule has 0 bridgehead atoms. The van der Waals surface area contributed by atoms with Crippen LogP contribution in [0.1, 0.15) is 20.3 Å². The lowest BCUT2D eigenvalue weighted by atomic mass is 10.2. The molecule has 0 radical (unpaired) electrons. The highest BCUT2D eigenvalue weighted by Crippen LogP contribution is 1.92. The third-order valence-electron chi connectivity index (χ3n) is 1.39. The first-order chi connectivity index (χ1) is 5.18. The summed E-state index contributed by atoms with van der Waals surface area (Å²) in [5.74, 6) is 1.10.